The number of hydrogen-bond donors (Lipinski definition) is 0. The summed E-state index contributed by atoms with van der Waals surface area (Å²) < 4.78 is 41.1. The van der Waals surface area contributed by atoms with E-state index in [-0.39, 0.29) is 11.5 Å². The molecule has 1 aliphatic rings. The Hall–Kier alpha value is -0.950. The van der Waals surface area contributed by atoms with Crippen LogP contribution in [0, 0.1) is 12.3 Å². The van der Waals surface area contributed by atoms with Gasteiger partial charge in [0.25, 0.3) is 10.1 Å². The molecule has 1 aromatic carbocycles. The number of aryl methyl sites for hydroxylation is 1. The van der Waals surface area contributed by atoms with E-state index in [9.17, 15) is 8.42 Å². The van der Waals surface area contributed by atoms with Crippen molar-refractivity contribution in [2.75, 3.05) is 19.8 Å². The highest BCUT2D eigenvalue weighted by atomic mass is 32.2. The van der Waals surface area contributed by atoms with Crippen LogP contribution in [0.15, 0.2) is 29.2 Å². The lowest BCUT2D eigenvalue weighted by atomic mass is 9.87. The van der Waals surface area contributed by atoms with E-state index in [1.165, 1.54) is 0 Å². The zero-order valence-corrected chi connectivity index (χ0v) is 14.4. The third-order valence-electron chi connectivity index (χ3n) is 4.03. The van der Waals surface area contributed by atoms with Crippen LogP contribution >= 0.6 is 0 Å². The third-order valence-corrected chi connectivity index (χ3v) is 5.31. The summed E-state index contributed by atoms with van der Waals surface area (Å²) >= 11 is 0. The molecule has 1 heterocycles. The van der Waals surface area contributed by atoms with Gasteiger partial charge in [-0.1, -0.05) is 24.6 Å². The molecule has 0 spiro atoms. The topological polar surface area (TPSA) is 61.8 Å². The largest absolute Gasteiger partial charge is 0.350 e. The van der Waals surface area contributed by atoms with E-state index < -0.39 is 21.3 Å². The summed E-state index contributed by atoms with van der Waals surface area (Å²) in [7, 11) is -3.76. The van der Waals surface area contributed by atoms with Crippen molar-refractivity contribution in [2.24, 2.45) is 5.41 Å². The van der Waals surface area contributed by atoms with Crippen LogP contribution in [-0.4, -0.2) is 34.0 Å². The van der Waals surface area contributed by atoms with Crippen molar-refractivity contribution in [2.45, 2.75) is 44.8 Å². The average Bonchev–Trinajstić information content (AvgIpc) is 2.47. The maximum absolute atomic E-state index is 12.3. The summed E-state index contributed by atoms with van der Waals surface area (Å²) in [4.78, 5) is 0.169. The molecule has 0 unspecified atom stereocenters. The van der Waals surface area contributed by atoms with Gasteiger partial charge < -0.3 is 9.47 Å². The number of benzene rings is 1. The lowest BCUT2D eigenvalue weighted by Gasteiger charge is -2.42. The van der Waals surface area contributed by atoms with Gasteiger partial charge in [-0.05, 0) is 39.3 Å². The summed E-state index contributed by atoms with van der Waals surface area (Å²) in [5.74, 6) is -0.630. The molecule has 0 aromatic heterocycles. The zero-order chi connectivity index (χ0) is 16.4. The van der Waals surface area contributed by atoms with Crippen molar-refractivity contribution in [3.63, 3.8) is 0 Å². The van der Waals surface area contributed by atoms with Crippen LogP contribution in [0.1, 0.15) is 32.8 Å². The molecule has 1 aliphatic heterocycles. The van der Waals surface area contributed by atoms with Crippen LogP contribution in [0.5, 0.6) is 0 Å². The predicted octanol–water partition coefficient (Wildman–Crippen LogP) is 2.88. The Kier molecular flexibility index (Phi) is 4.96. The highest BCUT2D eigenvalue weighted by molar-refractivity contribution is 7.86. The lowest BCUT2D eigenvalue weighted by Crippen LogP contribution is -2.48. The van der Waals surface area contributed by atoms with E-state index in [0.29, 0.717) is 19.6 Å². The predicted molar refractivity (Wildman–Crippen MR) is 83.0 cm³/mol. The van der Waals surface area contributed by atoms with Gasteiger partial charge in [0.05, 0.1) is 24.7 Å². The molecule has 0 radical (unpaired) electrons. The van der Waals surface area contributed by atoms with Gasteiger partial charge >= 0.3 is 0 Å². The highest BCUT2D eigenvalue weighted by Gasteiger charge is 2.40. The standard InChI is InChI=1S/C16H24O5S/c1-5-16(10-19-15(3,4)20-11-16)12-21-22(17,18)14-8-6-13(2)7-9-14/h6-9H,5,10-12H2,1-4H3. The Morgan fingerprint density at radius 1 is 1.14 bits per heavy atom. The molecular weight excluding hydrogens is 304 g/mol. The first-order valence-electron chi connectivity index (χ1n) is 7.42. The Bertz CT molecular complexity index is 594. The Labute approximate surface area is 132 Å². The van der Waals surface area contributed by atoms with E-state index in [2.05, 4.69) is 0 Å². The molecule has 0 saturated carbocycles. The summed E-state index contributed by atoms with van der Waals surface area (Å²) in [6.07, 6.45) is 0.715. The molecule has 2 rings (SSSR count). The first-order chi connectivity index (χ1) is 10.2. The quantitative estimate of drug-likeness (QED) is 0.778. The maximum atomic E-state index is 12.3. The monoisotopic (exact) mass is 328 g/mol. The molecule has 0 N–H and O–H groups in total. The molecule has 6 heteroatoms. The van der Waals surface area contributed by atoms with Gasteiger partial charge in [0, 0.05) is 5.41 Å². The van der Waals surface area contributed by atoms with E-state index in [0.717, 1.165) is 5.56 Å². The van der Waals surface area contributed by atoms with Crippen molar-refractivity contribution in [1.29, 1.82) is 0 Å². The van der Waals surface area contributed by atoms with Crippen molar-refractivity contribution in [3.8, 4) is 0 Å². The third kappa shape index (κ3) is 4.07. The zero-order valence-electron chi connectivity index (χ0n) is 13.6. The SMILES string of the molecule is CCC1(COS(=O)(=O)c2ccc(C)cc2)COC(C)(C)OC1. The summed E-state index contributed by atoms with van der Waals surface area (Å²) in [6, 6.07) is 6.61. The van der Waals surface area contributed by atoms with Gasteiger partial charge in [-0.25, -0.2) is 0 Å². The van der Waals surface area contributed by atoms with Gasteiger partial charge in [-0.3, -0.25) is 4.18 Å². The molecular formula is C16H24O5S. The van der Waals surface area contributed by atoms with Gasteiger partial charge in [-0.2, -0.15) is 8.42 Å². The Morgan fingerprint density at radius 2 is 1.68 bits per heavy atom. The smallest absolute Gasteiger partial charge is 0.296 e. The van der Waals surface area contributed by atoms with Gasteiger partial charge in [0.2, 0.25) is 0 Å². The second kappa shape index (κ2) is 6.28. The summed E-state index contributed by atoms with van der Waals surface area (Å²) in [5, 5.41) is 0. The van der Waals surface area contributed by atoms with Crippen molar-refractivity contribution in [3.05, 3.63) is 29.8 Å². The first-order valence-corrected chi connectivity index (χ1v) is 8.83. The van der Waals surface area contributed by atoms with E-state index in [1.807, 2.05) is 27.7 Å². The number of hydrogen-bond acceptors (Lipinski definition) is 5. The molecule has 124 valence electrons. The van der Waals surface area contributed by atoms with Crippen LogP contribution in [0.3, 0.4) is 0 Å². The van der Waals surface area contributed by atoms with Crippen molar-refractivity contribution >= 4 is 10.1 Å². The number of rotatable bonds is 5. The van der Waals surface area contributed by atoms with Gasteiger partial charge in [-0.15, -0.1) is 0 Å². The molecule has 0 bridgehead atoms. The minimum Gasteiger partial charge on any atom is -0.350 e. The maximum Gasteiger partial charge on any atom is 0.296 e. The minimum absolute atomic E-state index is 0.0514. The minimum atomic E-state index is -3.76. The fourth-order valence-corrected chi connectivity index (χ4v) is 3.11. The van der Waals surface area contributed by atoms with E-state index >= 15 is 0 Å². The van der Waals surface area contributed by atoms with E-state index in [4.69, 9.17) is 13.7 Å². The molecule has 0 amide bonds. The molecule has 0 atom stereocenters. The highest BCUT2D eigenvalue weighted by Crippen LogP contribution is 2.33. The summed E-state index contributed by atoms with van der Waals surface area (Å²) in [6.45, 7) is 8.46. The molecule has 22 heavy (non-hydrogen) atoms. The van der Waals surface area contributed by atoms with Crippen LogP contribution in [0.4, 0.5) is 0 Å². The first kappa shape index (κ1) is 17.4. The van der Waals surface area contributed by atoms with Crippen molar-refractivity contribution in [1.82, 2.24) is 0 Å². The van der Waals surface area contributed by atoms with Crippen molar-refractivity contribution < 1.29 is 22.1 Å². The summed E-state index contributed by atoms with van der Waals surface area (Å²) in [5.41, 5.74) is 0.563. The van der Waals surface area contributed by atoms with Gasteiger partial charge in [0.15, 0.2) is 5.79 Å². The fourth-order valence-electron chi connectivity index (χ4n) is 2.10. The molecule has 1 saturated heterocycles. The van der Waals surface area contributed by atoms with Crippen LogP contribution < -0.4 is 0 Å². The number of ether oxygens (including phenoxy) is 2. The normalized spacial score (nSPS) is 20.7. The van der Waals surface area contributed by atoms with Crippen LogP contribution in [0.25, 0.3) is 0 Å². The Balaban J connectivity index is 2.05. The fraction of sp³-hybridized carbons (Fsp3) is 0.625. The van der Waals surface area contributed by atoms with E-state index in [1.54, 1.807) is 24.3 Å². The van der Waals surface area contributed by atoms with Gasteiger partial charge in [0.1, 0.15) is 0 Å². The molecule has 1 fully saturated rings. The second-order valence-corrected chi connectivity index (χ2v) is 7.98. The average molecular weight is 328 g/mol. The van der Waals surface area contributed by atoms with Crippen LogP contribution in [0.2, 0.25) is 0 Å². The molecule has 0 aliphatic carbocycles. The lowest BCUT2D eigenvalue weighted by molar-refractivity contribution is -0.289. The second-order valence-electron chi connectivity index (χ2n) is 6.36. The molecule has 5 nitrogen and oxygen atoms in total. The van der Waals surface area contributed by atoms with Crippen LogP contribution in [-0.2, 0) is 23.8 Å². The Morgan fingerprint density at radius 3 is 2.18 bits per heavy atom. The molecule has 1 aromatic rings.